The van der Waals surface area contributed by atoms with Gasteiger partial charge in [-0.1, -0.05) is 30.3 Å². The minimum Gasteiger partial charge on any atom is 0 e. The molecule has 0 aliphatic carbocycles. The second-order valence-electron chi connectivity index (χ2n) is 3.67. The summed E-state index contributed by atoms with van der Waals surface area (Å²) in [6.45, 7) is 17.6. The molecule has 1 aromatic carbocycles. The molecule has 0 fully saturated rings. The number of carbonyl (C=O) groups excluding carboxylic acids is 1. The number of benzene rings is 1. The first-order valence-corrected chi connectivity index (χ1v) is 6.63. The van der Waals surface area contributed by atoms with Crippen LogP contribution in [0, 0.1) is 33.8 Å². The van der Waals surface area contributed by atoms with Gasteiger partial charge in [0.2, 0.25) is 0 Å². The third kappa shape index (κ3) is 7.43. The van der Waals surface area contributed by atoms with Gasteiger partial charge in [0.1, 0.15) is 0 Å². The third-order valence-corrected chi connectivity index (χ3v) is 4.13. The molecular formula is C16H13MnO4P. The summed E-state index contributed by atoms with van der Waals surface area (Å²) >= 11 is 0. The van der Waals surface area contributed by atoms with Gasteiger partial charge in [0.15, 0.2) is 5.78 Å². The first-order chi connectivity index (χ1) is 10.2. The van der Waals surface area contributed by atoms with Gasteiger partial charge in [-0.05, 0) is 30.8 Å². The Labute approximate surface area is 142 Å². The second kappa shape index (κ2) is 15.8. The van der Waals surface area contributed by atoms with Crippen molar-refractivity contribution >= 4 is 14.0 Å². The fourth-order valence-electron chi connectivity index (χ4n) is 1.56. The molecule has 1 unspecified atom stereocenters. The van der Waals surface area contributed by atoms with Gasteiger partial charge >= 0.3 is 33.9 Å². The van der Waals surface area contributed by atoms with E-state index in [1.165, 1.54) is 5.56 Å². The van der Waals surface area contributed by atoms with E-state index in [2.05, 4.69) is 32.7 Å². The van der Waals surface area contributed by atoms with Crippen LogP contribution in [-0.2, 0) is 31.0 Å². The fraction of sp³-hybridized carbons (Fsp3) is 0.125. The topological polar surface area (TPSA) is 76.8 Å². The molecule has 2 aromatic rings. The van der Waals surface area contributed by atoms with Crippen LogP contribution in [0.15, 0.2) is 36.1 Å². The van der Waals surface area contributed by atoms with Crippen LogP contribution in [0.25, 0.3) is 0 Å². The van der Waals surface area contributed by atoms with E-state index >= 15 is 0 Å². The molecule has 0 spiro atoms. The first-order valence-electron chi connectivity index (χ1n) is 5.55. The summed E-state index contributed by atoms with van der Waals surface area (Å²) in [5.74, 6) is 2.32. The summed E-state index contributed by atoms with van der Waals surface area (Å²) < 4.78 is 22.5. The number of aryl methyl sites for hydroxylation is 1. The maximum absolute atomic E-state index is 12.1. The van der Waals surface area contributed by atoms with Crippen LogP contribution in [0.2, 0.25) is 0 Å². The largest absolute Gasteiger partial charge is 0 e. The molecular weight excluding hydrogens is 342 g/mol. The van der Waals surface area contributed by atoms with Gasteiger partial charge in [-0.2, -0.15) is 0 Å². The molecule has 22 heavy (non-hydrogen) atoms. The SMILES string of the molecule is Cc1c[pH]c(C(=O)c2ccccc2)c1C.[C-]#[O+].[C-]#[O+].[C-]#[O+].[Mn]. The molecule has 113 valence electrons. The van der Waals surface area contributed by atoms with E-state index in [0.29, 0.717) is 8.19 Å². The zero-order valence-corrected chi connectivity index (χ0v) is 14.2. The van der Waals surface area contributed by atoms with Gasteiger partial charge in [0.25, 0.3) is 0 Å². The number of carbonyl (C=O) groups is 1. The maximum Gasteiger partial charge on any atom is 0 e. The molecule has 2 rings (SSSR count). The molecule has 1 heterocycles. The molecule has 0 aliphatic heterocycles. The molecule has 0 amide bonds. The molecule has 6 heteroatoms. The van der Waals surface area contributed by atoms with E-state index in [1.807, 2.05) is 37.3 Å². The Bertz CT molecular complexity index is 598. The van der Waals surface area contributed by atoms with E-state index in [9.17, 15) is 4.79 Å². The van der Waals surface area contributed by atoms with Crippen molar-refractivity contribution in [1.82, 2.24) is 0 Å². The number of hydrogen-bond acceptors (Lipinski definition) is 1. The predicted octanol–water partition coefficient (Wildman–Crippen LogP) is 3.45. The van der Waals surface area contributed by atoms with Crippen molar-refractivity contribution in [1.29, 1.82) is 0 Å². The van der Waals surface area contributed by atoms with Crippen LogP contribution < -0.4 is 0 Å². The third-order valence-electron chi connectivity index (χ3n) is 2.66. The Balaban J connectivity index is -0.000000463. The zero-order chi connectivity index (χ0) is 16.8. The van der Waals surface area contributed by atoms with Crippen LogP contribution in [0.5, 0.6) is 0 Å². The van der Waals surface area contributed by atoms with Gasteiger partial charge in [-0.25, -0.2) is 0 Å². The van der Waals surface area contributed by atoms with Crippen molar-refractivity contribution < 1.29 is 35.8 Å². The maximum atomic E-state index is 12.1. The first kappa shape index (κ1) is 25.4. The number of ketones is 1. The predicted molar refractivity (Wildman–Crippen MR) is 77.1 cm³/mol. The molecule has 0 saturated carbocycles. The number of rotatable bonds is 2. The van der Waals surface area contributed by atoms with E-state index in [0.717, 1.165) is 16.4 Å². The standard InChI is InChI=1S/C13H13OP.3CO.Mn/c1-9-8-15-13(10(9)2)12(14)11-6-4-3-5-7-11;3*1-2;/h3-8,15H,1-2H3;;;;. The van der Waals surface area contributed by atoms with Crippen molar-refractivity contribution in [3.63, 3.8) is 0 Å². The summed E-state index contributed by atoms with van der Waals surface area (Å²) in [6.07, 6.45) is 0. The van der Waals surface area contributed by atoms with Crippen molar-refractivity contribution in [2.24, 2.45) is 0 Å². The average molecular weight is 355 g/mol. The van der Waals surface area contributed by atoms with E-state index in [-0.39, 0.29) is 22.9 Å². The fourth-order valence-corrected chi connectivity index (χ4v) is 2.83. The van der Waals surface area contributed by atoms with Crippen molar-refractivity contribution in [2.45, 2.75) is 13.8 Å². The molecule has 1 aromatic heterocycles. The Hall–Kier alpha value is -1.59. The van der Waals surface area contributed by atoms with Gasteiger partial charge in [0.05, 0.1) is 0 Å². The molecule has 0 saturated heterocycles. The summed E-state index contributed by atoms with van der Waals surface area (Å²) in [5, 5.41) is 0.971. The summed E-state index contributed by atoms with van der Waals surface area (Å²) in [7, 11) is 0.534. The minimum atomic E-state index is 0. The van der Waals surface area contributed by atoms with Gasteiger partial charge in [-0.3, -0.25) is 4.79 Å². The molecule has 1 radical (unpaired) electrons. The molecule has 0 aliphatic rings. The molecule has 0 bridgehead atoms. The van der Waals surface area contributed by atoms with E-state index in [1.54, 1.807) is 0 Å². The van der Waals surface area contributed by atoms with E-state index < -0.39 is 0 Å². The number of hydrogen-bond donors (Lipinski definition) is 0. The van der Waals surface area contributed by atoms with Crippen molar-refractivity contribution in [3.05, 3.63) is 78.1 Å². The van der Waals surface area contributed by atoms with Gasteiger partial charge in [0, 0.05) is 27.9 Å². The molecule has 0 N–H and O–H groups in total. The summed E-state index contributed by atoms with van der Waals surface area (Å²) in [6, 6.07) is 9.49. The molecule has 1 atom stereocenters. The van der Waals surface area contributed by atoms with Gasteiger partial charge < -0.3 is 0 Å². The average Bonchev–Trinajstić information content (AvgIpc) is 2.93. The second-order valence-corrected chi connectivity index (χ2v) is 4.74. The molecule has 4 nitrogen and oxygen atoms in total. The van der Waals surface area contributed by atoms with Crippen LogP contribution in [0.1, 0.15) is 26.8 Å². The van der Waals surface area contributed by atoms with Crippen molar-refractivity contribution in [3.8, 4) is 0 Å². The van der Waals surface area contributed by atoms with E-state index in [4.69, 9.17) is 14.0 Å². The minimum absolute atomic E-state index is 0. The van der Waals surface area contributed by atoms with Crippen LogP contribution >= 0.6 is 8.19 Å². The Morgan fingerprint density at radius 2 is 1.41 bits per heavy atom. The van der Waals surface area contributed by atoms with Gasteiger partial charge in [-0.15, -0.1) is 8.19 Å². The Morgan fingerprint density at radius 1 is 0.955 bits per heavy atom. The van der Waals surface area contributed by atoms with Crippen LogP contribution in [0.3, 0.4) is 0 Å². The summed E-state index contributed by atoms with van der Waals surface area (Å²) in [5.41, 5.74) is 3.19. The van der Waals surface area contributed by atoms with Crippen LogP contribution in [0.4, 0.5) is 0 Å². The zero-order valence-electron chi connectivity index (χ0n) is 12.0. The Morgan fingerprint density at radius 3 is 1.77 bits per heavy atom. The monoisotopic (exact) mass is 355 g/mol. The van der Waals surface area contributed by atoms with Crippen LogP contribution in [-0.4, -0.2) is 5.78 Å². The van der Waals surface area contributed by atoms with Crippen molar-refractivity contribution in [2.75, 3.05) is 0 Å². The Kier molecular flexibility index (Phi) is 18.2. The quantitative estimate of drug-likeness (QED) is 0.352. The smallest absolute Gasteiger partial charge is 0 e. The normalized spacial score (nSPS) is 7.64. The summed E-state index contributed by atoms with van der Waals surface area (Å²) in [4.78, 5) is 12.1.